The summed E-state index contributed by atoms with van der Waals surface area (Å²) in [5, 5.41) is 3.02. The minimum atomic E-state index is -3.58. The number of carbonyl (C=O) groups is 2. The summed E-state index contributed by atoms with van der Waals surface area (Å²) >= 11 is 0. The van der Waals surface area contributed by atoms with Crippen LogP contribution >= 0.6 is 0 Å². The van der Waals surface area contributed by atoms with E-state index in [0.29, 0.717) is 37.6 Å². The van der Waals surface area contributed by atoms with E-state index in [1.165, 1.54) is 9.21 Å². The summed E-state index contributed by atoms with van der Waals surface area (Å²) in [4.78, 5) is 32.0. The molecule has 5 aliphatic heterocycles. The number of urea groups is 1. The number of nitrogens with zero attached hydrogens (tertiary/aromatic N) is 4. The lowest BCUT2D eigenvalue weighted by molar-refractivity contribution is -0.139. The van der Waals surface area contributed by atoms with E-state index in [9.17, 15) is 18.0 Å². The number of hydrogen-bond acceptors (Lipinski definition) is 6. The van der Waals surface area contributed by atoms with Gasteiger partial charge in [-0.15, -0.1) is 0 Å². The van der Waals surface area contributed by atoms with Crippen LogP contribution in [0.1, 0.15) is 39.2 Å². The average Bonchev–Trinajstić information content (AvgIpc) is 3.03. The van der Waals surface area contributed by atoms with Crippen LogP contribution in [-0.2, 0) is 20.2 Å². The Kier molecular flexibility index (Phi) is 5.78. The van der Waals surface area contributed by atoms with Crippen molar-refractivity contribution < 1.29 is 18.0 Å². The predicted octanol–water partition coefficient (Wildman–Crippen LogP) is 1.26. The van der Waals surface area contributed by atoms with Crippen molar-refractivity contribution >= 4 is 22.0 Å². The number of nitrogens with one attached hydrogen (secondary N) is 1. The van der Waals surface area contributed by atoms with E-state index in [1.54, 1.807) is 12.1 Å². The molecule has 1 aromatic carbocycles. The Bertz CT molecular complexity index is 1070. The van der Waals surface area contributed by atoms with E-state index in [0.717, 1.165) is 31.5 Å². The zero-order chi connectivity index (χ0) is 24.3. The second-order valence-electron chi connectivity index (χ2n) is 11.1. The van der Waals surface area contributed by atoms with E-state index >= 15 is 0 Å². The number of imide groups is 1. The average molecular weight is 490 g/mol. The number of sulfonamides is 1. The van der Waals surface area contributed by atoms with Crippen molar-refractivity contribution in [2.45, 2.75) is 49.5 Å². The van der Waals surface area contributed by atoms with Crippen LogP contribution in [0.4, 0.5) is 4.79 Å². The van der Waals surface area contributed by atoms with Gasteiger partial charge in [0.15, 0.2) is 0 Å². The van der Waals surface area contributed by atoms with Gasteiger partial charge in [-0.1, -0.05) is 32.9 Å². The molecule has 34 heavy (non-hydrogen) atoms. The van der Waals surface area contributed by atoms with Gasteiger partial charge in [-0.3, -0.25) is 9.69 Å². The van der Waals surface area contributed by atoms with Gasteiger partial charge in [0.1, 0.15) is 5.54 Å². The summed E-state index contributed by atoms with van der Waals surface area (Å²) in [6, 6.07) is 6.80. The minimum Gasteiger partial charge on any atom is -0.322 e. The molecule has 3 amide bonds. The lowest BCUT2D eigenvalue weighted by Gasteiger charge is -2.49. The van der Waals surface area contributed by atoms with Crippen molar-refractivity contribution in [1.82, 2.24) is 24.3 Å². The third-order valence-corrected chi connectivity index (χ3v) is 9.90. The molecule has 1 atom stereocenters. The van der Waals surface area contributed by atoms with Crippen molar-refractivity contribution in [1.29, 1.82) is 0 Å². The summed E-state index contributed by atoms with van der Waals surface area (Å²) in [5.74, 6) is 0.0755. The van der Waals surface area contributed by atoms with Gasteiger partial charge in [-0.2, -0.15) is 4.31 Å². The molecule has 1 aromatic rings. The quantitative estimate of drug-likeness (QED) is 0.641. The van der Waals surface area contributed by atoms with Crippen molar-refractivity contribution in [3.05, 3.63) is 29.8 Å². The second kappa shape index (κ2) is 8.29. The monoisotopic (exact) mass is 489 g/mol. The lowest BCUT2D eigenvalue weighted by Crippen LogP contribution is -2.67. The molecule has 0 radical (unpaired) electrons. The smallest absolute Gasteiger partial charge is 0.322 e. The molecular weight excluding hydrogens is 454 g/mol. The highest BCUT2D eigenvalue weighted by molar-refractivity contribution is 7.89. The van der Waals surface area contributed by atoms with Gasteiger partial charge in [0.2, 0.25) is 10.0 Å². The molecule has 5 fully saturated rings. The van der Waals surface area contributed by atoms with Crippen LogP contribution in [0.25, 0.3) is 0 Å². The standard InChI is InChI=1S/C24H35N5O4S/c1-23(2,3)18-4-6-20(7-5-18)34(32,33)28-14-12-27(13-15-28)17-29-21(30)24(25-22(29)31)16-26-10-8-19(24)9-11-26/h4-7,19H,8-17H2,1-3H3,(H,25,31)/t24-/m1/s1. The first kappa shape index (κ1) is 23.7. The molecule has 10 heteroatoms. The fourth-order valence-electron chi connectivity index (χ4n) is 5.81. The predicted molar refractivity (Wildman–Crippen MR) is 128 cm³/mol. The fraction of sp³-hybridized carbons (Fsp3) is 0.667. The van der Waals surface area contributed by atoms with Gasteiger partial charge in [0, 0.05) is 32.7 Å². The molecule has 1 N–H and O–H groups in total. The maximum Gasteiger partial charge on any atom is 0.326 e. The third-order valence-electron chi connectivity index (χ3n) is 7.99. The fourth-order valence-corrected chi connectivity index (χ4v) is 7.23. The molecule has 186 valence electrons. The maximum atomic E-state index is 13.3. The number of amides is 3. The molecular formula is C24H35N5O4S. The number of fused-ring (bicyclic) bond motifs is 2. The number of piperidine rings is 3. The number of hydrogen-bond donors (Lipinski definition) is 1. The molecule has 5 heterocycles. The van der Waals surface area contributed by atoms with Crippen LogP contribution < -0.4 is 5.32 Å². The van der Waals surface area contributed by atoms with Gasteiger partial charge >= 0.3 is 6.03 Å². The van der Waals surface area contributed by atoms with Gasteiger partial charge in [-0.25, -0.2) is 18.1 Å². The van der Waals surface area contributed by atoms with Crippen LogP contribution in [0.5, 0.6) is 0 Å². The Morgan fingerprint density at radius 3 is 2.12 bits per heavy atom. The Hall–Kier alpha value is -2.01. The van der Waals surface area contributed by atoms with E-state index < -0.39 is 15.6 Å². The van der Waals surface area contributed by atoms with E-state index in [2.05, 4.69) is 31.0 Å². The van der Waals surface area contributed by atoms with Crippen molar-refractivity contribution in [2.24, 2.45) is 5.92 Å². The number of rotatable bonds is 4. The summed E-state index contributed by atoms with van der Waals surface area (Å²) in [6.07, 6.45) is 1.88. The first-order valence-corrected chi connectivity index (χ1v) is 13.6. The highest BCUT2D eigenvalue weighted by Crippen LogP contribution is 2.39. The highest BCUT2D eigenvalue weighted by atomic mass is 32.2. The van der Waals surface area contributed by atoms with Gasteiger partial charge in [0.25, 0.3) is 5.91 Å². The van der Waals surface area contributed by atoms with Crippen molar-refractivity contribution in [3.63, 3.8) is 0 Å². The second-order valence-corrected chi connectivity index (χ2v) is 13.1. The Morgan fingerprint density at radius 1 is 0.971 bits per heavy atom. The summed E-state index contributed by atoms with van der Waals surface area (Å²) in [6.45, 7) is 10.7. The first-order valence-electron chi connectivity index (χ1n) is 12.2. The maximum absolute atomic E-state index is 13.3. The number of carbonyl (C=O) groups excluding carboxylic acids is 2. The normalized spacial score (nSPS) is 30.9. The van der Waals surface area contributed by atoms with Gasteiger partial charge in [-0.05, 0) is 55.0 Å². The molecule has 0 unspecified atom stereocenters. The summed E-state index contributed by atoms with van der Waals surface area (Å²) in [5.41, 5.74) is 0.267. The molecule has 5 aliphatic rings. The highest BCUT2D eigenvalue weighted by Gasteiger charge is 2.59. The lowest BCUT2D eigenvalue weighted by atomic mass is 9.73. The van der Waals surface area contributed by atoms with Gasteiger partial charge < -0.3 is 10.2 Å². The van der Waals surface area contributed by atoms with E-state index in [1.807, 2.05) is 17.0 Å². The van der Waals surface area contributed by atoms with Crippen molar-refractivity contribution in [2.75, 3.05) is 52.5 Å². The molecule has 6 rings (SSSR count). The Morgan fingerprint density at radius 2 is 1.59 bits per heavy atom. The third kappa shape index (κ3) is 3.94. The molecule has 2 bridgehead atoms. The molecule has 1 spiro atoms. The van der Waals surface area contributed by atoms with Crippen LogP contribution in [0.3, 0.4) is 0 Å². The van der Waals surface area contributed by atoms with E-state index in [-0.39, 0.29) is 29.9 Å². The molecule has 0 saturated carbocycles. The topological polar surface area (TPSA) is 93.3 Å². The van der Waals surface area contributed by atoms with Crippen LogP contribution in [0.2, 0.25) is 0 Å². The van der Waals surface area contributed by atoms with Crippen LogP contribution in [0, 0.1) is 5.92 Å². The zero-order valence-corrected chi connectivity index (χ0v) is 21.1. The molecule has 0 aromatic heterocycles. The SMILES string of the molecule is CC(C)(C)c1ccc(S(=O)(=O)N2CCN(CN3C(=O)N[C@@]4(CN5CCC4CC5)C3=O)CC2)cc1. The molecule has 9 nitrogen and oxygen atoms in total. The Labute approximate surface area is 202 Å². The van der Waals surface area contributed by atoms with Crippen LogP contribution in [-0.4, -0.2) is 97.4 Å². The van der Waals surface area contributed by atoms with Crippen molar-refractivity contribution in [3.8, 4) is 0 Å². The number of piperazine rings is 1. The summed E-state index contributed by atoms with van der Waals surface area (Å²) < 4.78 is 27.8. The van der Waals surface area contributed by atoms with Gasteiger partial charge in [0.05, 0.1) is 11.6 Å². The van der Waals surface area contributed by atoms with E-state index in [4.69, 9.17) is 0 Å². The largest absolute Gasteiger partial charge is 0.326 e. The summed E-state index contributed by atoms with van der Waals surface area (Å²) in [7, 11) is -3.58. The minimum absolute atomic E-state index is 0.0413. The zero-order valence-electron chi connectivity index (χ0n) is 20.3. The molecule has 0 aliphatic carbocycles. The Balaban J connectivity index is 1.21. The number of benzene rings is 1. The first-order chi connectivity index (χ1) is 16.0. The van der Waals surface area contributed by atoms with Crippen LogP contribution in [0.15, 0.2) is 29.2 Å². The molecule has 5 saturated heterocycles.